The quantitative estimate of drug-likeness (QED) is 0.871. The third-order valence-corrected chi connectivity index (χ3v) is 4.88. The Hall–Kier alpha value is -1.84. The SMILES string of the molecule is CC[C@@H](CNC(=O)[C@H]1CCCN(C(=O)C(C)C)C1)c1ccccc1. The number of amides is 2. The predicted molar refractivity (Wildman–Crippen MR) is 96.6 cm³/mol. The summed E-state index contributed by atoms with van der Waals surface area (Å²) in [6.45, 7) is 7.98. The Bertz CT molecular complexity index is 542. The predicted octanol–water partition coefficient (Wildman–Crippen LogP) is 3.19. The smallest absolute Gasteiger partial charge is 0.225 e. The summed E-state index contributed by atoms with van der Waals surface area (Å²) in [5.41, 5.74) is 1.26. The molecule has 4 nitrogen and oxygen atoms in total. The fourth-order valence-electron chi connectivity index (χ4n) is 3.35. The molecule has 1 aliphatic heterocycles. The van der Waals surface area contributed by atoms with Crippen LogP contribution in [0.15, 0.2) is 30.3 Å². The first-order chi connectivity index (χ1) is 11.5. The van der Waals surface area contributed by atoms with E-state index in [2.05, 4.69) is 24.4 Å². The number of hydrogen-bond acceptors (Lipinski definition) is 2. The fourth-order valence-corrected chi connectivity index (χ4v) is 3.35. The summed E-state index contributed by atoms with van der Waals surface area (Å²) >= 11 is 0. The zero-order valence-electron chi connectivity index (χ0n) is 15.1. The third kappa shape index (κ3) is 4.83. The highest BCUT2D eigenvalue weighted by molar-refractivity contribution is 5.82. The Labute approximate surface area is 145 Å². The Morgan fingerprint density at radius 2 is 1.96 bits per heavy atom. The molecule has 0 saturated carbocycles. The number of rotatable bonds is 6. The summed E-state index contributed by atoms with van der Waals surface area (Å²) in [5.74, 6) is 0.505. The van der Waals surface area contributed by atoms with Crippen molar-refractivity contribution in [2.75, 3.05) is 19.6 Å². The first-order valence-electron chi connectivity index (χ1n) is 9.14. The molecule has 1 saturated heterocycles. The summed E-state index contributed by atoms with van der Waals surface area (Å²) in [6.07, 6.45) is 2.77. The maximum absolute atomic E-state index is 12.5. The molecule has 132 valence electrons. The van der Waals surface area contributed by atoms with Crippen molar-refractivity contribution in [3.8, 4) is 0 Å². The molecular weight excluding hydrogens is 300 g/mol. The van der Waals surface area contributed by atoms with Crippen LogP contribution in [0.1, 0.15) is 51.5 Å². The van der Waals surface area contributed by atoms with Crippen LogP contribution >= 0.6 is 0 Å². The average molecular weight is 330 g/mol. The Balaban J connectivity index is 1.88. The van der Waals surface area contributed by atoms with Crippen molar-refractivity contribution in [2.45, 2.75) is 46.0 Å². The molecule has 2 amide bonds. The number of nitrogens with one attached hydrogen (secondary N) is 1. The summed E-state index contributed by atoms with van der Waals surface area (Å²) in [7, 11) is 0. The topological polar surface area (TPSA) is 49.4 Å². The minimum Gasteiger partial charge on any atom is -0.355 e. The molecule has 0 aromatic heterocycles. The highest BCUT2D eigenvalue weighted by Crippen LogP contribution is 2.21. The third-order valence-electron chi connectivity index (χ3n) is 4.88. The van der Waals surface area contributed by atoms with Gasteiger partial charge in [0.25, 0.3) is 0 Å². The Kier molecular flexibility index (Phi) is 6.83. The summed E-state index contributed by atoms with van der Waals surface area (Å²) in [4.78, 5) is 26.6. The normalized spacial score (nSPS) is 19.2. The van der Waals surface area contributed by atoms with Crippen molar-refractivity contribution in [3.05, 3.63) is 35.9 Å². The average Bonchev–Trinajstić information content (AvgIpc) is 2.62. The molecule has 0 bridgehead atoms. The van der Waals surface area contributed by atoms with Gasteiger partial charge >= 0.3 is 0 Å². The van der Waals surface area contributed by atoms with Crippen molar-refractivity contribution in [1.82, 2.24) is 10.2 Å². The van der Waals surface area contributed by atoms with Crippen LogP contribution in [0, 0.1) is 11.8 Å². The molecular formula is C20H30N2O2. The monoisotopic (exact) mass is 330 g/mol. The number of likely N-dealkylation sites (tertiary alicyclic amines) is 1. The van der Waals surface area contributed by atoms with E-state index in [1.165, 1.54) is 5.56 Å². The van der Waals surface area contributed by atoms with Gasteiger partial charge in [-0.3, -0.25) is 9.59 Å². The summed E-state index contributed by atoms with van der Waals surface area (Å²) in [6, 6.07) is 10.3. The molecule has 2 rings (SSSR count). The largest absolute Gasteiger partial charge is 0.355 e. The van der Waals surface area contributed by atoms with Gasteiger partial charge in [0.05, 0.1) is 5.92 Å². The minimum absolute atomic E-state index is 0.00522. The molecule has 0 radical (unpaired) electrons. The molecule has 1 aromatic carbocycles. The number of piperidine rings is 1. The van der Waals surface area contributed by atoms with E-state index in [0.717, 1.165) is 25.8 Å². The van der Waals surface area contributed by atoms with Crippen LogP contribution in [-0.2, 0) is 9.59 Å². The van der Waals surface area contributed by atoms with E-state index >= 15 is 0 Å². The highest BCUT2D eigenvalue weighted by atomic mass is 16.2. The number of carbonyl (C=O) groups is 2. The lowest BCUT2D eigenvalue weighted by atomic mass is 9.94. The van der Waals surface area contributed by atoms with Gasteiger partial charge in [-0.25, -0.2) is 0 Å². The van der Waals surface area contributed by atoms with Gasteiger partial charge in [0.1, 0.15) is 0 Å². The highest BCUT2D eigenvalue weighted by Gasteiger charge is 2.29. The molecule has 0 spiro atoms. The van der Waals surface area contributed by atoms with E-state index in [1.807, 2.05) is 36.9 Å². The van der Waals surface area contributed by atoms with Gasteiger partial charge in [0, 0.05) is 31.5 Å². The van der Waals surface area contributed by atoms with Crippen LogP contribution in [0.3, 0.4) is 0 Å². The Morgan fingerprint density at radius 3 is 2.58 bits per heavy atom. The molecule has 24 heavy (non-hydrogen) atoms. The van der Waals surface area contributed by atoms with Crippen molar-refractivity contribution in [3.63, 3.8) is 0 Å². The van der Waals surface area contributed by atoms with Crippen LogP contribution in [0.25, 0.3) is 0 Å². The zero-order chi connectivity index (χ0) is 17.5. The second-order valence-electron chi connectivity index (χ2n) is 7.04. The standard InChI is InChI=1S/C20H30N2O2/c1-4-16(17-9-6-5-7-10-17)13-21-19(23)18-11-8-12-22(14-18)20(24)15(2)3/h5-7,9-10,15-16,18H,4,8,11-14H2,1-3H3,(H,21,23)/t16-,18-/m0/s1. The lowest BCUT2D eigenvalue weighted by molar-refractivity contribution is -0.138. The number of nitrogens with zero attached hydrogens (tertiary/aromatic N) is 1. The van der Waals surface area contributed by atoms with Crippen molar-refractivity contribution in [2.24, 2.45) is 11.8 Å². The molecule has 1 aromatic rings. The first kappa shape index (κ1) is 18.5. The fraction of sp³-hybridized carbons (Fsp3) is 0.600. The molecule has 1 fully saturated rings. The van der Waals surface area contributed by atoms with Gasteiger partial charge in [-0.15, -0.1) is 0 Å². The van der Waals surface area contributed by atoms with E-state index in [4.69, 9.17) is 0 Å². The first-order valence-corrected chi connectivity index (χ1v) is 9.14. The van der Waals surface area contributed by atoms with Crippen molar-refractivity contribution in [1.29, 1.82) is 0 Å². The summed E-state index contributed by atoms with van der Waals surface area (Å²) < 4.78 is 0. The van der Waals surface area contributed by atoms with E-state index in [1.54, 1.807) is 0 Å². The minimum atomic E-state index is -0.0743. The number of carbonyl (C=O) groups excluding carboxylic acids is 2. The molecule has 4 heteroatoms. The van der Waals surface area contributed by atoms with E-state index < -0.39 is 0 Å². The van der Waals surface area contributed by atoms with Crippen LogP contribution in [-0.4, -0.2) is 36.3 Å². The summed E-state index contributed by atoms with van der Waals surface area (Å²) in [5, 5.41) is 3.11. The second kappa shape index (κ2) is 8.86. The molecule has 0 unspecified atom stereocenters. The van der Waals surface area contributed by atoms with Crippen LogP contribution < -0.4 is 5.32 Å². The molecule has 1 N–H and O–H groups in total. The van der Waals surface area contributed by atoms with Gasteiger partial charge in [-0.1, -0.05) is 51.1 Å². The number of hydrogen-bond donors (Lipinski definition) is 1. The molecule has 0 aliphatic carbocycles. The van der Waals surface area contributed by atoms with Gasteiger partial charge in [0.15, 0.2) is 0 Å². The van der Waals surface area contributed by atoms with Gasteiger partial charge < -0.3 is 10.2 Å². The molecule has 1 heterocycles. The number of benzene rings is 1. The van der Waals surface area contributed by atoms with Crippen molar-refractivity contribution >= 4 is 11.8 Å². The van der Waals surface area contributed by atoms with Gasteiger partial charge in [-0.05, 0) is 24.8 Å². The molecule has 2 atom stereocenters. The second-order valence-corrected chi connectivity index (χ2v) is 7.04. The van der Waals surface area contributed by atoms with Crippen LogP contribution in [0.5, 0.6) is 0 Å². The van der Waals surface area contributed by atoms with Gasteiger partial charge in [0.2, 0.25) is 11.8 Å². The lowest BCUT2D eigenvalue weighted by Crippen LogP contribution is -2.47. The van der Waals surface area contributed by atoms with Crippen LogP contribution in [0.4, 0.5) is 0 Å². The van der Waals surface area contributed by atoms with Gasteiger partial charge in [-0.2, -0.15) is 0 Å². The Morgan fingerprint density at radius 1 is 1.25 bits per heavy atom. The molecule has 1 aliphatic rings. The maximum atomic E-state index is 12.5. The van der Waals surface area contributed by atoms with E-state index in [-0.39, 0.29) is 23.7 Å². The van der Waals surface area contributed by atoms with Crippen LogP contribution in [0.2, 0.25) is 0 Å². The van der Waals surface area contributed by atoms with E-state index in [0.29, 0.717) is 19.0 Å². The zero-order valence-corrected chi connectivity index (χ0v) is 15.1. The van der Waals surface area contributed by atoms with E-state index in [9.17, 15) is 9.59 Å². The maximum Gasteiger partial charge on any atom is 0.225 e. The lowest BCUT2D eigenvalue weighted by Gasteiger charge is -2.33. The van der Waals surface area contributed by atoms with Crippen molar-refractivity contribution < 1.29 is 9.59 Å².